The van der Waals surface area contributed by atoms with Crippen LogP contribution < -0.4 is 20.2 Å². The van der Waals surface area contributed by atoms with E-state index >= 15 is 0 Å². The van der Waals surface area contributed by atoms with Gasteiger partial charge in [0.15, 0.2) is 11.5 Å². The predicted octanol–water partition coefficient (Wildman–Crippen LogP) is 4.45. The fraction of sp³-hybridized carbons (Fsp3) is 0.192. The number of nitrogens with zero attached hydrogens (tertiary/aromatic N) is 1. The summed E-state index contributed by atoms with van der Waals surface area (Å²) < 4.78 is 24.5. The molecule has 0 aliphatic heterocycles. The molecule has 7 nitrogen and oxygen atoms in total. The molecule has 0 saturated heterocycles. The Morgan fingerprint density at radius 3 is 2.26 bits per heavy atom. The highest BCUT2D eigenvalue weighted by Gasteiger charge is 2.13. The van der Waals surface area contributed by atoms with Crippen molar-refractivity contribution in [3.8, 4) is 11.5 Å². The van der Waals surface area contributed by atoms with Gasteiger partial charge in [0.1, 0.15) is 12.4 Å². The lowest BCUT2D eigenvalue weighted by atomic mass is 10.1. The van der Waals surface area contributed by atoms with E-state index in [1.807, 2.05) is 26.0 Å². The zero-order valence-corrected chi connectivity index (χ0v) is 19.0. The molecule has 176 valence electrons. The minimum Gasteiger partial charge on any atom is -0.490 e. The lowest BCUT2D eigenvalue weighted by Crippen LogP contribution is -2.32. The molecule has 0 bridgehead atoms. The first-order valence-corrected chi connectivity index (χ1v) is 10.9. The summed E-state index contributed by atoms with van der Waals surface area (Å²) in [6.07, 6.45) is 2.28. The molecule has 0 spiro atoms. The van der Waals surface area contributed by atoms with Gasteiger partial charge in [-0.25, -0.2) is 9.82 Å². The van der Waals surface area contributed by atoms with E-state index in [2.05, 4.69) is 15.8 Å². The number of aryl methyl sites for hydroxylation is 1. The van der Waals surface area contributed by atoms with E-state index in [0.29, 0.717) is 29.4 Å². The molecule has 0 radical (unpaired) electrons. The van der Waals surface area contributed by atoms with Crippen molar-refractivity contribution in [2.24, 2.45) is 5.10 Å². The number of carbonyl (C=O) groups is 2. The first kappa shape index (κ1) is 24.4. The van der Waals surface area contributed by atoms with Crippen LogP contribution in [0.1, 0.15) is 30.5 Å². The number of hydrazone groups is 1. The molecule has 3 aromatic rings. The lowest BCUT2D eigenvalue weighted by Gasteiger charge is -2.12. The molecule has 0 heterocycles. The normalized spacial score (nSPS) is 10.7. The highest BCUT2D eigenvalue weighted by Crippen LogP contribution is 2.29. The summed E-state index contributed by atoms with van der Waals surface area (Å²) in [5.74, 6) is -1.01. The topological polar surface area (TPSA) is 89.0 Å². The van der Waals surface area contributed by atoms with Gasteiger partial charge in [-0.3, -0.25) is 9.59 Å². The monoisotopic (exact) mass is 463 g/mol. The van der Waals surface area contributed by atoms with Gasteiger partial charge in [0.2, 0.25) is 0 Å². The van der Waals surface area contributed by atoms with Gasteiger partial charge in [-0.15, -0.1) is 0 Å². The molecule has 0 atom stereocenters. The van der Waals surface area contributed by atoms with Gasteiger partial charge in [0.25, 0.3) is 0 Å². The van der Waals surface area contributed by atoms with Gasteiger partial charge in [-0.05, 0) is 72.5 Å². The summed E-state index contributed by atoms with van der Waals surface area (Å²) in [6, 6.07) is 18.4. The van der Waals surface area contributed by atoms with Gasteiger partial charge in [0, 0.05) is 5.69 Å². The van der Waals surface area contributed by atoms with Gasteiger partial charge in [0.05, 0.1) is 12.8 Å². The third-order valence-corrected chi connectivity index (χ3v) is 4.78. The number of halogens is 1. The van der Waals surface area contributed by atoms with Crippen molar-refractivity contribution in [2.45, 2.75) is 26.9 Å². The summed E-state index contributed by atoms with van der Waals surface area (Å²) in [5, 5.41) is 6.37. The molecule has 0 saturated carbocycles. The standard InChI is InChI=1S/C26H26FN3O4/c1-3-18-7-12-22(13-8-18)29-25(31)26(32)30-28-16-20-9-14-23(24(15-20)33-4-2)34-17-19-5-10-21(27)11-6-19/h5-16H,3-4,17H2,1-2H3,(H,29,31)(H,30,32)/b28-16-. The van der Waals surface area contributed by atoms with Crippen LogP contribution in [-0.4, -0.2) is 24.6 Å². The van der Waals surface area contributed by atoms with Gasteiger partial charge < -0.3 is 14.8 Å². The number of carbonyl (C=O) groups excluding carboxylic acids is 2. The Morgan fingerprint density at radius 1 is 0.882 bits per heavy atom. The van der Waals surface area contributed by atoms with Gasteiger partial charge in [-0.1, -0.05) is 31.2 Å². The Balaban J connectivity index is 1.57. The number of amides is 2. The molecule has 0 aliphatic carbocycles. The maximum Gasteiger partial charge on any atom is 0.329 e. The van der Waals surface area contributed by atoms with Crippen LogP contribution >= 0.6 is 0 Å². The maximum absolute atomic E-state index is 13.1. The average molecular weight is 464 g/mol. The number of ether oxygens (including phenoxy) is 2. The average Bonchev–Trinajstić information content (AvgIpc) is 2.85. The van der Waals surface area contributed by atoms with Crippen molar-refractivity contribution in [1.82, 2.24) is 5.43 Å². The van der Waals surface area contributed by atoms with Gasteiger partial charge in [-0.2, -0.15) is 5.10 Å². The number of hydrogen-bond acceptors (Lipinski definition) is 5. The summed E-state index contributed by atoms with van der Waals surface area (Å²) in [5.41, 5.74) is 5.31. The van der Waals surface area contributed by atoms with Crippen LogP contribution in [0.4, 0.5) is 10.1 Å². The summed E-state index contributed by atoms with van der Waals surface area (Å²) in [4.78, 5) is 24.1. The van der Waals surface area contributed by atoms with Gasteiger partial charge >= 0.3 is 11.8 Å². The molecule has 34 heavy (non-hydrogen) atoms. The fourth-order valence-electron chi connectivity index (χ4n) is 2.96. The summed E-state index contributed by atoms with van der Waals surface area (Å²) in [7, 11) is 0. The molecule has 0 fully saturated rings. The van der Waals surface area contributed by atoms with Crippen molar-refractivity contribution in [3.05, 3.63) is 89.2 Å². The number of anilines is 1. The SMILES string of the molecule is CCOc1cc(/C=N\NC(=O)C(=O)Nc2ccc(CC)cc2)ccc1OCc1ccc(F)cc1. The molecule has 0 aliphatic rings. The molecule has 2 N–H and O–H groups in total. The minimum atomic E-state index is -0.889. The molecule has 3 rings (SSSR count). The fourth-order valence-corrected chi connectivity index (χ4v) is 2.96. The number of hydrogen-bond donors (Lipinski definition) is 2. The largest absolute Gasteiger partial charge is 0.490 e. The van der Waals surface area contributed by atoms with E-state index in [1.165, 1.54) is 18.3 Å². The molecule has 8 heteroatoms. The third-order valence-electron chi connectivity index (χ3n) is 4.78. The van der Waals surface area contributed by atoms with Crippen molar-refractivity contribution in [1.29, 1.82) is 0 Å². The Bertz CT molecular complexity index is 1150. The molecule has 0 unspecified atom stereocenters. The molecule has 3 aromatic carbocycles. The van der Waals surface area contributed by atoms with Crippen LogP contribution in [0.15, 0.2) is 71.8 Å². The second kappa shape index (κ2) is 12.2. The number of rotatable bonds is 9. The number of benzene rings is 3. The zero-order chi connectivity index (χ0) is 24.3. The predicted molar refractivity (Wildman–Crippen MR) is 129 cm³/mol. The van der Waals surface area contributed by atoms with E-state index in [9.17, 15) is 14.0 Å². The van der Waals surface area contributed by atoms with Crippen molar-refractivity contribution in [3.63, 3.8) is 0 Å². The second-order valence-corrected chi connectivity index (χ2v) is 7.26. The van der Waals surface area contributed by atoms with Crippen LogP contribution in [0.5, 0.6) is 11.5 Å². The molecular formula is C26H26FN3O4. The van der Waals surface area contributed by atoms with E-state index < -0.39 is 11.8 Å². The van der Waals surface area contributed by atoms with Crippen LogP contribution in [0.2, 0.25) is 0 Å². The highest BCUT2D eigenvalue weighted by molar-refractivity contribution is 6.39. The third kappa shape index (κ3) is 7.16. The quantitative estimate of drug-likeness (QED) is 0.279. The summed E-state index contributed by atoms with van der Waals surface area (Å²) >= 11 is 0. The van der Waals surface area contributed by atoms with Crippen LogP contribution in [-0.2, 0) is 22.6 Å². The molecule has 0 aromatic heterocycles. The minimum absolute atomic E-state index is 0.250. The molecule has 2 amide bonds. The summed E-state index contributed by atoms with van der Waals surface area (Å²) in [6.45, 7) is 4.55. The van der Waals surface area contributed by atoms with Crippen LogP contribution in [0, 0.1) is 5.82 Å². The second-order valence-electron chi connectivity index (χ2n) is 7.26. The van der Waals surface area contributed by atoms with E-state index in [0.717, 1.165) is 17.5 Å². The zero-order valence-electron chi connectivity index (χ0n) is 19.0. The highest BCUT2D eigenvalue weighted by atomic mass is 19.1. The van der Waals surface area contributed by atoms with E-state index in [-0.39, 0.29) is 12.4 Å². The Morgan fingerprint density at radius 2 is 1.59 bits per heavy atom. The van der Waals surface area contributed by atoms with Crippen molar-refractivity contribution >= 4 is 23.7 Å². The van der Waals surface area contributed by atoms with E-state index in [1.54, 1.807) is 42.5 Å². The van der Waals surface area contributed by atoms with Crippen molar-refractivity contribution in [2.75, 3.05) is 11.9 Å². The maximum atomic E-state index is 13.1. The smallest absolute Gasteiger partial charge is 0.329 e. The first-order valence-electron chi connectivity index (χ1n) is 10.9. The lowest BCUT2D eigenvalue weighted by molar-refractivity contribution is -0.136. The Kier molecular flexibility index (Phi) is 8.73. The first-order chi connectivity index (χ1) is 16.5. The number of nitrogens with one attached hydrogen (secondary N) is 2. The van der Waals surface area contributed by atoms with Crippen molar-refractivity contribution < 1.29 is 23.5 Å². The van der Waals surface area contributed by atoms with Crippen LogP contribution in [0.25, 0.3) is 0 Å². The van der Waals surface area contributed by atoms with E-state index in [4.69, 9.17) is 9.47 Å². The van der Waals surface area contributed by atoms with Crippen LogP contribution in [0.3, 0.4) is 0 Å². The Labute approximate surface area is 197 Å². The molecular weight excluding hydrogens is 437 g/mol. The Hall–Kier alpha value is -4.20.